The predicted octanol–water partition coefficient (Wildman–Crippen LogP) is 1.89. The first-order valence-electron chi connectivity index (χ1n) is 8.51. The maximum atomic E-state index is 12.1. The highest BCUT2D eigenvalue weighted by Gasteiger charge is 2.11. The molecule has 3 aromatic rings. The van der Waals surface area contributed by atoms with Gasteiger partial charge in [0.25, 0.3) is 11.5 Å². The second-order valence-corrected chi connectivity index (χ2v) is 6.76. The molecule has 0 aliphatic rings. The van der Waals surface area contributed by atoms with Crippen molar-refractivity contribution < 1.29 is 14.3 Å². The van der Waals surface area contributed by atoms with Crippen molar-refractivity contribution in [3.8, 4) is 22.1 Å². The molecule has 28 heavy (non-hydrogen) atoms. The van der Waals surface area contributed by atoms with Crippen LogP contribution in [-0.2, 0) is 13.5 Å². The van der Waals surface area contributed by atoms with E-state index in [1.165, 1.54) is 30.5 Å². The molecular formula is C19H20N4O4S. The van der Waals surface area contributed by atoms with Gasteiger partial charge in [0.1, 0.15) is 10.7 Å². The zero-order valence-electron chi connectivity index (χ0n) is 15.8. The highest BCUT2D eigenvalue weighted by atomic mass is 32.1. The molecule has 1 aromatic carbocycles. The summed E-state index contributed by atoms with van der Waals surface area (Å²) in [4.78, 5) is 28.1. The van der Waals surface area contributed by atoms with E-state index in [0.717, 1.165) is 20.9 Å². The largest absolute Gasteiger partial charge is 0.493 e. The van der Waals surface area contributed by atoms with Crippen molar-refractivity contribution in [1.82, 2.24) is 20.1 Å². The second kappa shape index (κ2) is 8.66. The van der Waals surface area contributed by atoms with Gasteiger partial charge in [0.05, 0.1) is 19.9 Å². The Kier molecular flexibility index (Phi) is 6.05. The van der Waals surface area contributed by atoms with Crippen LogP contribution < -0.4 is 20.3 Å². The molecule has 3 rings (SSSR count). The van der Waals surface area contributed by atoms with Gasteiger partial charge in [-0.3, -0.25) is 9.59 Å². The minimum atomic E-state index is -0.328. The predicted molar refractivity (Wildman–Crippen MR) is 106 cm³/mol. The maximum Gasteiger partial charge on any atom is 0.271 e. The quantitative estimate of drug-likeness (QED) is 0.651. The topological polar surface area (TPSA) is 95.3 Å². The zero-order chi connectivity index (χ0) is 20.1. The fraction of sp³-hybridized carbons (Fsp3) is 0.263. The lowest BCUT2D eigenvalue weighted by Gasteiger charge is -2.08. The van der Waals surface area contributed by atoms with E-state index in [1.807, 2.05) is 23.6 Å². The zero-order valence-corrected chi connectivity index (χ0v) is 16.6. The van der Waals surface area contributed by atoms with Gasteiger partial charge in [-0.1, -0.05) is 0 Å². The Labute approximate surface area is 165 Å². The summed E-state index contributed by atoms with van der Waals surface area (Å²) in [5.41, 5.74) is 1.75. The number of nitrogens with one attached hydrogen (secondary N) is 1. The fourth-order valence-corrected chi connectivity index (χ4v) is 3.39. The molecule has 0 bridgehead atoms. The number of hydrogen-bond donors (Lipinski definition) is 1. The summed E-state index contributed by atoms with van der Waals surface area (Å²) < 4.78 is 11.7. The van der Waals surface area contributed by atoms with Crippen molar-refractivity contribution in [2.24, 2.45) is 7.05 Å². The van der Waals surface area contributed by atoms with Crippen LogP contribution in [-0.4, -0.2) is 41.4 Å². The third-order valence-electron chi connectivity index (χ3n) is 4.04. The van der Waals surface area contributed by atoms with Crippen LogP contribution in [0.5, 0.6) is 11.5 Å². The molecule has 0 unspecified atom stereocenters. The molecular weight excluding hydrogens is 380 g/mol. The van der Waals surface area contributed by atoms with Gasteiger partial charge in [0.2, 0.25) is 0 Å². The van der Waals surface area contributed by atoms with Crippen LogP contribution in [0.4, 0.5) is 0 Å². The maximum absolute atomic E-state index is 12.1. The van der Waals surface area contributed by atoms with Gasteiger partial charge in [0, 0.05) is 37.0 Å². The van der Waals surface area contributed by atoms with E-state index >= 15 is 0 Å². The highest BCUT2D eigenvalue weighted by Crippen LogP contribution is 2.33. The smallest absolute Gasteiger partial charge is 0.271 e. The molecule has 8 nitrogen and oxygen atoms in total. The van der Waals surface area contributed by atoms with Gasteiger partial charge in [-0.25, -0.2) is 9.67 Å². The van der Waals surface area contributed by atoms with Crippen LogP contribution in [0.25, 0.3) is 10.6 Å². The minimum Gasteiger partial charge on any atom is -0.493 e. The highest BCUT2D eigenvalue weighted by molar-refractivity contribution is 7.13. The van der Waals surface area contributed by atoms with Gasteiger partial charge in [-0.15, -0.1) is 11.3 Å². The molecule has 0 fully saturated rings. The van der Waals surface area contributed by atoms with Crippen molar-refractivity contribution >= 4 is 17.2 Å². The fourth-order valence-electron chi connectivity index (χ4n) is 2.54. The second-order valence-electron chi connectivity index (χ2n) is 5.90. The normalized spacial score (nSPS) is 10.5. The van der Waals surface area contributed by atoms with E-state index in [0.29, 0.717) is 24.5 Å². The first kappa shape index (κ1) is 19.6. The molecule has 0 aliphatic carbocycles. The average molecular weight is 400 g/mol. The van der Waals surface area contributed by atoms with Crippen molar-refractivity contribution in [3.63, 3.8) is 0 Å². The van der Waals surface area contributed by atoms with E-state index < -0.39 is 0 Å². The van der Waals surface area contributed by atoms with Crippen LogP contribution in [0.2, 0.25) is 0 Å². The molecule has 0 radical (unpaired) electrons. The summed E-state index contributed by atoms with van der Waals surface area (Å²) >= 11 is 1.52. The summed E-state index contributed by atoms with van der Waals surface area (Å²) in [5, 5.41) is 9.54. The molecule has 0 aliphatic heterocycles. The molecule has 146 valence electrons. The van der Waals surface area contributed by atoms with E-state index in [9.17, 15) is 9.59 Å². The first-order chi connectivity index (χ1) is 13.5. The summed E-state index contributed by atoms with van der Waals surface area (Å²) in [5.74, 6) is 0.984. The number of thiazole rings is 1. The average Bonchev–Trinajstić information content (AvgIpc) is 3.18. The Morgan fingerprint density at radius 3 is 2.68 bits per heavy atom. The molecule has 0 atom stereocenters. The number of aromatic nitrogens is 3. The van der Waals surface area contributed by atoms with Gasteiger partial charge in [-0.05, 0) is 24.3 Å². The molecule has 0 saturated heterocycles. The van der Waals surface area contributed by atoms with E-state index in [1.54, 1.807) is 14.2 Å². The van der Waals surface area contributed by atoms with E-state index in [2.05, 4.69) is 15.4 Å². The molecule has 2 aromatic heterocycles. The lowest BCUT2D eigenvalue weighted by Crippen LogP contribution is -2.29. The monoisotopic (exact) mass is 400 g/mol. The lowest BCUT2D eigenvalue weighted by atomic mass is 10.2. The number of ether oxygens (including phenoxy) is 2. The Morgan fingerprint density at radius 1 is 1.18 bits per heavy atom. The number of aryl methyl sites for hydroxylation is 1. The standard InChI is InChI=1S/C19H20N4O4S/c1-23-17(24)7-5-14(22-23)18(25)20-9-8-13-11-28-19(21-13)12-4-6-15(26-2)16(10-12)27-3/h4-7,10-11H,8-9H2,1-3H3,(H,20,25). The molecule has 0 spiro atoms. The van der Waals surface area contributed by atoms with E-state index in [-0.39, 0.29) is 17.2 Å². The molecule has 9 heteroatoms. The number of amides is 1. The molecule has 0 saturated carbocycles. The third kappa shape index (κ3) is 4.37. The lowest BCUT2D eigenvalue weighted by molar-refractivity contribution is 0.0947. The number of carbonyl (C=O) groups excluding carboxylic acids is 1. The molecule has 1 N–H and O–H groups in total. The Hall–Kier alpha value is -3.20. The third-order valence-corrected chi connectivity index (χ3v) is 4.98. The van der Waals surface area contributed by atoms with Crippen LogP contribution in [0.1, 0.15) is 16.2 Å². The summed E-state index contributed by atoms with van der Waals surface area (Å²) in [7, 11) is 4.69. The van der Waals surface area contributed by atoms with Crippen molar-refractivity contribution in [2.45, 2.75) is 6.42 Å². The van der Waals surface area contributed by atoms with Gasteiger partial charge < -0.3 is 14.8 Å². The van der Waals surface area contributed by atoms with Crippen LogP contribution >= 0.6 is 11.3 Å². The number of benzene rings is 1. The van der Waals surface area contributed by atoms with Crippen LogP contribution in [0.15, 0.2) is 40.5 Å². The number of methoxy groups -OCH3 is 2. The first-order valence-corrected chi connectivity index (χ1v) is 9.39. The number of carbonyl (C=O) groups is 1. The Balaban J connectivity index is 1.61. The number of hydrogen-bond acceptors (Lipinski definition) is 7. The summed E-state index contributed by atoms with van der Waals surface area (Å²) in [6, 6.07) is 8.38. The number of nitrogens with zero attached hydrogens (tertiary/aromatic N) is 3. The van der Waals surface area contributed by atoms with Gasteiger partial charge in [-0.2, -0.15) is 5.10 Å². The molecule has 2 heterocycles. The summed E-state index contributed by atoms with van der Waals surface area (Å²) in [6.07, 6.45) is 0.585. The van der Waals surface area contributed by atoms with Crippen LogP contribution in [0.3, 0.4) is 0 Å². The number of rotatable bonds is 7. The Morgan fingerprint density at radius 2 is 1.96 bits per heavy atom. The van der Waals surface area contributed by atoms with Gasteiger partial charge in [0.15, 0.2) is 11.5 Å². The Bertz CT molecular complexity index is 1040. The minimum absolute atomic E-state index is 0.200. The van der Waals surface area contributed by atoms with Crippen molar-refractivity contribution in [3.05, 3.63) is 57.5 Å². The van der Waals surface area contributed by atoms with Crippen LogP contribution in [0, 0.1) is 0 Å². The molecule has 1 amide bonds. The SMILES string of the molecule is COc1ccc(-c2nc(CCNC(=O)c3ccc(=O)n(C)n3)cs2)cc1OC. The van der Waals surface area contributed by atoms with Gasteiger partial charge >= 0.3 is 0 Å². The summed E-state index contributed by atoms with van der Waals surface area (Å²) in [6.45, 7) is 0.415. The van der Waals surface area contributed by atoms with Crippen molar-refractivity contribution in [2.75, 3.05) is 20.8 Å². The van der Waals surface area contributed by atoms with E-state index in [4.69, 9.17) is 9.47 Å². The van der Waals surface area contributed by atoms with Crippen molar-refractivity contribution in [1.29, 1.82) is 0 Å².